The second kappa shape index (κ2) is 9.02. The summed E-state index contributed by atoms with van der Waals surface area (Å²) in [7, 11) is 1.61. The standard InChI is InChI=1S/C24H26FN5O4/c1-34-17-8-15(11-26-12-17)13-28-4-6-29(7-5-28)21-9-16-14-30(24(33)18(16)10-19(21)25)20-2-3-22(31)27-23(20)32/h8-12,20H,2-7,13-14H2,1H3,(H,27,31,32). The number of piperazine rings is 1. The van der Waals surface area contributed by atoms with Crippen LogP contribution in [0.4, 0.5) is 10.1 Å². The molecule has 1 aromatic heterocycles. The molecular formula is C24H26FN5O4. The van der Waals surface area contributed by atoms with Crippen LogP contribution >= 0.6 is 0 Å². The quantitative estimate of drug-likeness (QED) is 0.663. The van der Waals surface area contributed by atoms with Crippen molar-refractivity contribution in [1.82, 2.24) is 20.1 Å². The lowest BCUT2D eigenvalue weighted by atomic mass is 10.0. The minimum Gasteiger partial charge on any atom is -0.495 e. The molecule has 3 aliphatic heterocycles. The number of benzene rings is 1. The van der Waals surface area contributed by atoms with Crippen molar-refractivity contribution in [3.63, 3.8) is 0 Å². The maximum absolute atomic E-state index is 15.1. The molecular weight excluding hydrogens is 441 g/mol. The Morgan fingerprint density at radius 1 is 1.12 bits per heavy atom. The number of hydrogen-bond donors (Lipinski definition) is 1. The lowest BCUT2D eigenvalue weighted by Gasteiger charge is -2.36. The van der Waals surface area contributed by atoms with Gasteiger partial charge in [-0.2, -0.15) is 0 Å². The van der Waals surface area contributed by atoms with Crippen LogP contribution in [0, 0.1) is 5.82 Å². The van der Waals surface area contributed by atoms with E-state index < -0.39 is 17.8 Å². The molecule has 1 aromatic carbocycles. The number of aromatic nitrogens is 1. The number of rotatable bonds is 5. The summed E-state index contributed by atoms with van der Waals surface area (Å²) in [5, 5.41) is 2.29. The Hall–Kier alpha value is -3.53. The van der Waals surface area contributed by atoms with Crippen LogP contribution in [0.3, 0.4) is 0 Å². The average molecular weight is 468 g/mol. The van der Waals surface area contributed by atoms with Gasteiger partial charge in [0, 0.05) is 57.4 Å². The summed E-state index contributed by atoms with van der Waals surface area (Å²) in [5.74, 6) is -0.896. The predicted octanol–water partition coefficient (Wildman–Crippen LogP) is 1.31. The van der Waals surface area contributed by atoms with Gasteiger partial charge in [-0.3, -0.25) is 29.6 Å². The minimum atomic E-state index is -0.709. The molecule has 0 spiro atoms. The summed E-state index contributed by atoms with van der Waals surface area (Å²) < 4.78 is 20.3. The van der Waals surface area contributed by atoms with E-state index in [0.717, 1.165) is 30.9 Å². The number of methoxy groups -OCH3 is 1. The molecule has 0 radical (unpaired) electrons. The van der Waals surface area contributed by atoms with Gasteiger partial charge in [0.1, 0.15) is 17.6 Å². The van der Waals surface area contributed by atoms with Gasteiger partial charge in [-0.05, 0) is 35.7 Å². The zero-order valence-corrected chi connectivity index (χ0v) is 18.9. The third kappa shape index (κ3) is 4.21. The fraction of sp³-hybridized carbons (Fsp3) is 0.417. The van der Waals surface area contributed by atoms with Crippen LogP contribution < -0.4 is 15.0 Å². The number of ether oxygens (including phenoxy) is 1. The average Bonchev–Trinajstić information content (AvgIpc) is 3.14. The SMILES string of the molecule is COc1cncc(CN2CCN(c3cc4c(cc3F)C(=O)N(C3CCC(=O)NC3=O)C4)CC2)c1. The summed E-state index contributed by atoms with van der Waals surface area (Å²) in [6.07, 6.45) is 3.96. The first kappa shape index (κ1) is 22.3. The molecule has 2 aromatic rings. The van der Waals surface area contributed by atoms with Gasteiger partial charge in [-0.25, -0.2) is 4.39 Å². The maximum atomic E-state index is 15.1. The van der Waals surface area contributed by atoms with Crippen LogP contribution in [-0.2, 0) is 22.7 Å². The van der Waals surface area contributed by atoms with Gasteiger partial charge in [0.25, 0.3) is 5.91 Å². The van der Waals surface area contributed by atoms with Crippen molar-refractivity contribution < 1.29 is 23.5 Å². The topological polar surface area (TPSA) is 95.1 Å². The molecule has 3 amide bonds. The Bertz CT molecular complexity index is 1150. The van der Waals surface area contributed by atoms with Crippen molar-refractivity contribution in [1.29, 1.82) is 0 Å². The number of halogens is 1. The zero-order chi connectivity index (χ0) is 23.8. The molecule has 1 N–H and O–H groups in total. The van der Waals surface area contributed by atoms with E-state index in [0.29, 0.717) is 24.3 Å². The first-order valence-corrected chi connectivity index (χ1v) is 11.3. The van der Waals surface area contributed by atoms with E-state index in [1.165, 1.54) is 11.0 Å². The highest BCUT2D eigenvalue weighted by Gasteiger charge is 2.39. The van der Waals surface area contributed by atoms with E-state index in [4.69, 9.17) is 4.74 Å². The molecule has 178 valence electrons. The minimum absolute atomic E-state index is 0.187. The lowest BCUT2D eigenvalue weighted by Crippen LogP contribution is -2.52. The van der Waals surface area contributed by atoms with Crippen molar-refractivity contribution >= 4 is 23.4 Å². The number of carbonyl (C=O) groups excluding carboxylic acids is 3. The number of anilines is 1. The van der Waals surface area contributed by atoms with Crippen LogP contribution in [0.15, 0.2) is 30.6 Å². The van der Waals surface area contributed by atoms with E-state index >= 15 is 4.39 Å². The third-order valence-corrected chi connectivity index (χ3v) is 6.72. The molecule has 9 nitrogen and oxygen atoms in total. The van der Waals surface area contributed by atoms with E-state index in [-0.39, 0.29) is 36.8 Å². The second-order valence-corrected chi connectivity index (χ2v) is 8.86. The molecule has 2 fully saturated rings. The van der Waals surface area contributed by atoms with E-state index in [1.807, 2.05) is 17.2 Å². The van der Waals surface area contributed by atoms with Crippen LogP contribution in [0.25, 0.3) is 0 Å². The molecule has 4 heterocycles. The number of pyridine rings is 1. The first-order valence-electron chi connectivity index (χ1n) is 11.3. The normalized spacial score (nSPS) is 21.0. The molecule has 1 unspecified atom stereocenters. The molecule has 0 saturated carbocycles. The molecule has 0 bridgehead atoms. The molecule has 0 aliphatic carbocycles. The van der Waals surface area contributed by atoms with Crippen molar-refractivity contribution in [2.45, 2.75) is 32.0 Å². The van der Waals surface area contributed by atoms with Gasteiger partial charge < -0.3 is 14.5 Å². The van der Waals surface area contributed by atoms with Crippen molar-refractivity contribution in [3.8, 4) is 5.75 Å². The van der Waals surface area contributed by atoms with Gasteiger partial charge in [0.2, 0.25) is 11.8 Å². The summed E-state index contributed by atoms with van der Waals surface area (Å²) in [6, 6.07) is 4.27. The molecule has 3 aliphatic rings. The Balaban J connectivity index is 1.26. The highest BCUT2D eigenvalue weighted by atomic mass is 19.1. The van der Waals surface area contributed by atoms with Gasteiger partial charge in [0.05, 0.1) is 19.0 Å². The number of hydrogen-bond acceptors (Lipinski definition) is 7. The summed E-state index contributed by atoms with van der Waals surface area (Å²) >= 11 is 0. The zero-order valence-electron chi connectivity index (χ0n) is 18.9. The maximum Gasteiger partial charge on any atom is 0.255 e. The Morgan fingerprint density at radius 3 is 2.65 bits per heavy atom. The summed E-state index contributed by atoms with van der Waals surface area (Å²) in [4.78, 5) is 46.5. The van der Waals surface area contributed by atoms with Crippen molar-refractivity contribution in [2.24, 2.45) is 0 Å². The number of imide groups is 1. The molecule has 2 saturated heterocycles. The van der Waals surface area contributed by atoms with Crippen LogP contribution in [0.5, 0.6) is 5.75 Å². The Kier molecular flexibility index (Phi) is 5.91. The predicted molar refractivity (Wildman–Crippen MR) is 121 cm³/mol. The first-order chi connectivity index (χ1) is 16.4. The van der Waals surface area contributed by atoms with Crippen LogP contribution in [-0.4, -0.2) is 71.8 Å². The smallest absolute Gasteiger partial charge is 0.255 e. The van der Waals surface area contributed by atoms with Crippen molar-refractivity contribution in [2.75, 3.05) is 38.2 Å². The number of piperidine rings is 1. The van der Waals surface area contributed by atoms with E-state index in [9.17, 15) is 14.4 Å². The van der Waals surface area contributed by atoms with E-state index in [2.05, 4.69) is 15.2 Å². The fourth-order valence-corrected chi connectivity index (χ4v) is 4.89. The number of nitrogens with zero attached hydrogens (tertiary/aromatic N) is 4. The van der Waals surface area contributed by atoms with Gasteiger partial charge in [-0.1, -0.05) is 0 Å². The molecule has 1 atom stereocenters. The summed E-state index contributed by atoms with van der Waals surface area (Å²) in [5.41, 5.74) is 2.52. The molecule has 5 rings (SSSR count). The molecule has 10 heteroatoms. The van der Waals surface area contributed by atoms with Gasteiger partial charge >= 0.3 is 0 Å². The van der Waals surface area contributed by atoms with Gasteiger partial charge in [0.15, 0.2) is 0 Å². The number of amides is 3. The monoisotopic (exact) mass is 467 g/mol. The van der Waals surface area contributed by atoms with E-state index in [1.54, 1.807) is 19.4 Å². The number of fused-ring (bicyclic) bond motifs is 1. The highest BCUT2D eigenvalue weighted by molar-refractivity contribution is 6.05. The van der Waals surface area contributed by atoms with Gasteiger partial charge in [-0.15, -0.1) is 0 Å². The second-order valence-electron chi connectivity index (χ2n) is 8.86. The molecule has 34 heavy (non-hydrogen) atoms. The number of nitrogens with one attached hydrogen (secondary N) is 1. The third-order valence-electron chi connectivity index (χ3n) is 6.72. The Labute approximate surface area is 196 Å². The van der Waals surface area contributed by atoms with Crippen LogP contribution in [0.2, 0.25) is 0 Å². The fourth-order valence-electron chi connectivity index (χ4n) is 4.89. The number of carbonyl (C=O) groups is 3. The largest absolute Gasteiger partial charge is 0.495 e. The van der Waals surface area contributed by atoms with Crippen molar-refractivity contribution in [3.05, 3.63) is 53.1 Å². The summed E-state index contributed by atoms with van der Waals surface area (Å²) in [6.45, 7) is 3.79. The van der Waals surface area contributed by atoms with Crippen LogP contribution in [0.1, 0.15) is 34.3 Å². The Morgan fingerprint density at radius 2 is 1.91 bits per heavy atom. The lowest BCUT2D eigenvalue weighted by molar-refractivity contribution is -0.136. The highest BCUT2D eigenvalue weighted by Crippen LogP contribution is 2.33.